The van der Waals surface area contributed by atoms with E-state index in [1.54, 1.807) is 25.2 Å². The Morgan fingerprint density at radius 3 is 2.27 bits per heavy atom. The smallest absolute Gasteiger partial charge is 0.308 e. The fourth-order valence-electron chi connectivity index (χ4n) is 9.95. The van der Waals surface area contributed by atoms with Gasteiger partial charge in [0.25, 0.3) is 0 Å². The highest BCUT2D eigenvalue weighted by Gasteiger charge is 2.64. The van der Waals surface area contributed by atoms with Crippen molar-refractivity contribution in [2.75, 3.05) is 7.11 Å². The third-order valence-corrected chi connectivity index (χ3v) is 12.1. The molecule has 0 aromatic carbocycles. The SMILES string of the molecule is COC(=O)[C@H](CCC=C(C)C)[C@H]1CC[C@@]2(C)C3=C(CC[C@]12C)[C@@]1(C)CC[C@H](OC(C)=O)C(C)(C)C1CC3. The summed E-state index contributed by atoms with van der Waals surface area (Å²) in [5.74, 6) is 0.693. The lowest BCUT2D eigenvalue weighted by atomic mass is 9.43. The summed E-state index contributed by atoms with van der Waals surface area (Å²) < 4.78 is 11.2. The molecule has 0 aliphatic heterocycles. The van der Waals surface area contributed by atoms with Crippen molar-refractivity contribution in [3.8, 4) is 0 Å². The van der Waals surface area contributed by atoms with Gasteiger partial charge in [0.1, 0.15) is 6.10 Å². The summed E-state index contributed by atoms with van der Waals surface area (Å²) in [4.78, 5) is 25.0. The maximum absolute atomic E-state index is 13.1. The van der Waals surface area contributed by atoms with Gasteiger partial charge in [-0.05, 0) is 106 Å². The summed E-state index contributed by atoms with van der Waals surface area (Å²) >= 11 is 0. The van der Waals surface area contributed by atoms with Gasteiger partial charge < -0.3 is 9.47 Å². The monoisotopic (exact) mass is 512 g/mol. The molecule has 1 unspecified atom stereocenters. The number of fused-ring (bicyclic) bond motifs is 4. The summed E-state index contributed by atoms with van der Waals surface area (Å²) in [6.45, 7) is 18.0. The second-order valence-corrected chi connectivity index (χ2v) is 14.3. The molecule has 4 nitrogen and oxygen atoms in total. The number of hydrogen-bond donors (Lipinski definition) is 0. The van der Waals surface area contributed by atoms with Crippen molar-refractivity contribution in [3.63, 3.8) is 0 Å². The van der Waals surface area contributed by atoms with Gasteiger partial charge in [0, 0.05) is 12.3 Å². The van der Waals surface area contributed by atoms with Gasteiger partial charge in [-0.1, -0.05) is 57.4 Å². The van der Waals surface area contributed by atoms with Gasteiger partial charge in [0.05, 0.1) is 13.0 Å². The molecule has 4 aliphatic rings. The van der Waals surface area contributed by atoms with Gasteiger partial charge in [-0.15, -0.1) is 0 Å². The van der Waals surface area contributed by atoms with Crippen LogP contribution in [0.15, 0.2) is 22.8 Å². The Hall–Kier alpha value is -1.58. The molecule has 0 N–H and O–H groups in total. The van der Waals surface area contributed by atoms with Crippen LogP contribution in [0.3, 0.4) is 0 Å². The van der Waals surface area contributed by atoms with Crippen LogP contribution in [0.1, 0.15) is 120 Å². The minimum atomic E-state index is -0.153. The molecule has 7 atom stereocenters. The Morgan fingerprint density at radius 2 is 1.65 bits per heavy atom. The van der Waals surface area contributed by atoms with Crippen LogP contribution in [0, 0.1) is 39.4 Å². The number of carbonyl (C=O) groups is 2. The number of esters is 2. The van der Waals surface area contributed by atoms with Gasteiger partial charge in [-0.25, -0.2) is 0 Å². The van der Waals surface area contributed by atoms with Crippen LogP contribution in [0.5, 0.6) is 0 Å². The maximum Gasteiger partial charge on any atom is 0.308 e. The van der Waals surface area contributed by atoms with Gasteiger partial charge in [0.2, 0.25) is 0 Å². The molecule has 0 aromatic rings. The van der Waals surface area contributed by atoms with E-state index < -0.39 is 0 Å². The molecule has 0 saturated heterocycles. The van der Waals surface area contributed by atoms with Crippen LogP contribution in [0.25, 0.3) is 0 Å². The van der Waals surface area contributed by atoms with Crippen molar-refractivity contribution < 1.29 is 19.1 Å². The molecule has 4 aliphatic carbocycles. The van der Waals surface area contributed by atoms with Crippen LogP contribution in [0.2, 0.25) is 0 Å². The average Bonchev–Trinajstić information content (AvgIpc) is 3.09. The molecular weight excluding hydrogens is 460 g/mol. The van der Waals surface area contributed by atoms with Crippen molar-refractivity contribution >= 4 is 11.9 Å². The first-order valence-electron chi connectivity index (χ1n) is 14.8. The summed E-state index contributed by atoms with van der Waals surface area (Å²) in [6.07, 6.45) is 13.0. The number of ether oxygens (including phenoxy) is 2. The van der Waals surface area contributed by atoms with Crippen LogP contribution >= 0.6 is 0 Å². The van der Waals surface area contributed by atoms with Gasteiger partial charge in [0.15, 0.2) is 0 Å². The Balaban J connectivity index is 1.67. The Labute approximate surface area is 226 Å². The van der Waals surface area contributed by atoms with Crippen molar-refractivity contribution in [2.45, 2.75) is 126 Å². The summed E-state index contributed by atoms with van der Waals surface area (Å²) in [5.41, 5.74) is 5.14. The van der Waals surface area contributed by atoms with E-state index in [2.05, 4.69) is 54.5 Å². The largest absolute Gasteiger partial charge is 0.469 e. The van der Waals surface area contributed by atoms with Gasteiger partial charge >= 0.3 is 11.9 Å². The number of rotatable bonds is 6. The van der Waals surface area contributed by atoms with E-state index in [0.717, 1.165) is 57.8 Å². The second kappa shape index (κ2) is 9.87. The highest BCUT2D eigenvalue weighted by molar-refractivity contribution is 5.73. The molecule has 0 radical (unpaired) electrons. The Bertz CT molecular complexity index is 984. The summed E-state index contributed by atoms with van der Waals surface area (Å²) in [7, 11) is 1.56. The topological polar surface area (TPSA) is 52.6 Å². The molecule has 2 saturated carbocycles. The van der Waals surface area contributed by atoms with Crippen molar-refractivity contribution in [3.05, 3.63) is 22.8 Å². The number of hydrogen-bond acceptors (Lipinski definition) is 4. The summed E-state index contributed by atoms with van der Waals surface area (Å²) in [6, 6.07) is 0. The molecule has 0 spiro atoms. The lowest BCUT2D eigenvalue weighted by molar-refractivity contribution is -0.167. The van der Waals surface area contributed by atoms with Crippen molar-refractivity contribution in [1.29, 1.82) is 0 Å². The minimum Gasteiger partial charge on any atom is -0.469 e. The molecule has 0 heterocycles. The van der Waals surface area contributed by atoms with E-state index in [-0.39, 0.29) is 45.6 Å². The fourth-order valence-corrected chi connectivity index (χ4v) is 9.95. The molecule has 4 rings (SSSR count). The first-order chi connectivity index (χ1) is 17.2. The quantitative estimate of drug-likeness (QED) is 0.266. The highest BCUT2D eigenvalue weighted by atomic mass is 16.5. The lowest BCUT2D eigenvalue weighted by Crippen LogP contribution is -2.56. The molecule has 0 bridgehead atoms. The maximum atomic E-state index is 13.1. The molecule has 0 aromatic heterocycles. The molecule has 4 heteroatoms. The third kappa shape index (κ3) is 4.42. The van der Waals surface area contributed by atoms with Gasteiger partial charge in [-0.3, -0.25) is 9.59 Å². The van der Waals surface area contributed by atoms with E-state index in [9.17, 15) is 9.59 Å². The summed E-state index contributed by atoms with van der Waals surface area (Å²) in [5, 5.41) is 0. The van der Waals surface area contributed by atoms with E-state index in [0.29, 0.717) is 11.8 Å². The van der Waals surface area contributed by atoms with Crippen LogP contribution in [-0.4, -0.2) is 25.2 Å². The molecule has 37 heavy (non-hydrogen) atoms. The standard InChI is InChI=1S/C33H52O4/c1-21(2)11-10-12-23(29(35)36-9)24-15-19-33(8)26-13-14-27-30(4,5)28(37-22(3)34)17-18-31(27,6)25(26)16-20-32(24,33)7/h11,23-24,27-28H,10,12-20H2,1-9H3/t23-,24-,27?,28+,31-,32-,33+/m1/s1. The fraction of sp³-hybridized carbons (Fsp3) is 0.818. The first kappa shape index (κ1) is 28.4. The van der Waals surface area contributed by atoms with E-state index >= 15 is 0 Å². The van der Waals surface area contributed by atoms with Crippen LogP contribution < -0.4 is 0 Å². The Morgan fingerprint density at radius 1 is 0.946 bits per heavy atom. The zero-order chi connectivity index (χ0) is 27.4. The predicted octanol–water partition coefficient (Wildman–Crippen LogP) is 8.20. The first-order valence-corrected chi connectivity index (χ1v) is 14.8. The molecular formula is C33H52O4. The number of allylic oxidation sites excluding steroid dienone is 4. The van der Waals surface area contributed by atoms with E-state index in [4.69, 9.17) is 9.47 Å². The highest BCUT2D eigenvalue weighted by Crippen LogP contribution is 2.72. The number of carbonyl (C=O) groups excluding carboxylic acids is 2. The molecule has 0 amide bonds. The lowest BCUT2D eigenvalue weighted by Gasteiger charge is -2.62. The van der Waals surface area contributed by atoms with Crippen molar-refractivity contribution in [2.24, 2.45) is 39.4 Å². The minimum absolute atomic E-state index is 0.00662. The predicted molar refractivity (Wildman–Crippen MR) is 149 cm³/mol. The van der Waals surface area contributed by atoms with Gasteiger partial charge in [-0.2, -0.15) is 0 Å². The van der Waals surface area contributed by atoms with Crippen molar-refractivity contribution in [1.82, 2.24) is 0 Å². The zero-order valence-corrected chi connectivity index (χ0v) is 25.1. The van der Waals surface area contributed by atoms with Crippen LogP contribution in [0.4, 0.5) is 0 Å². The van der Waals surface area contributed by atoms with E-state index in [1.165, 1.54) is 12.0 Å². The normalized spacial score (nSPS) is 39.1. The second-order valence-electron chi connectivity index (χ2n) is 14.3. The third-order valence-electron chi connectivity index (χ3n) is 12.1. The number of methoxy groups -OCH3 is 1. The van der Waals surface area contributed by atoms with E-state index in [1.807, 2.05) is 0 Å². The zero-order valence-electron chi connectivity index (χ0n) is 25.1. The van der Waals surface area contributed by atoms with Crippen LogP contribution in [-0.2, 0) is 19.1 Å². The Kier molecular flexibility index (Phi) is 7.58. The molecule has 2 fully saturated rings. The molecule has 208 valence electrons. The average molecular weight is 513 g/mol.